The van der Waals surface area contributed by atoms with E-state index >= 15 is 0 Å². The first-order valence-corrected chi connectivity index (χ1v) is 6.66. The highest BCUT2D eigenvalue weighted by molar-refractivity contribution is 4.94. The molecule has 0 radical (unpaired) electrons. The molecule has 6 heteroatoms. The van der Waals surface area contributed by atoms with Gasteiger partial charge in [0.25, 0.3) is 0 Å². The van der Waals surface area contributed by atoms with Crippen LogP contribution in [-0.2, 0) is 18.5 Å². The zero-order valence-electron chi connectivity index (χ0n) is 11.8. The van der Waals surface area contributed by atoms with Crippen LogP contribution in [-0.4, -0.2) is 31.5 Å². The van der Waals surface area contributed by atoms with E-state index in [9.17, 15) is 0 Å². The molecule has 0 aliphatic heterocycles. The average Bonchev–Trinajstić information content (AvgIpc) is 2.97. The van der Waals surface area contributed by atoms with Gasteiger partial charge in [0.2, 0.25) is 0 Å². The minimum atomic E-state index is -0.00939. The topological polar surface area (TPSA) is 71.4 Å². The van der Waals surface area contributed by atoms with Crippen LogP contribution >= 0.6 is 0 Å². The average molecular weight is 262 g/mol. The van der Waals surface area contributed by atoms with E-state index in [1.54, 1.807) is 6.20 Å². The highest BCUT2D eigenvalue weighted by atomic mass is 15.4. The van der Waals surface area contributed by atoms with Crippen LogP contribution in [0.2, 0.25) is 0 Å². The number of H-pyrrole nitrogens is 1. The lowest BCUT2D eigenvalue weighted by Crippen LogP contribution is -2.22. The molecule has 2 heterocycles. The van der Waals surface area contributed by atoms with Crippen molar-refractivity contribution in [2.45, 2.75) is 45.7 Å². The van der Waals surface area contributed by atoms with Crippen molar-refractivity contribution in [2.75, 3.05) is 6.54 Å². The Balaban J connectivity index is 1.67. The van der Waals surface area contributed by atoms with Crippen molar-refractivity contribution >= 4 is 0 Å². The molecule has 19 heavy (non-hydrogen) atoms. The summed E-state index contributed by atoms with van der Waals surface area (Å²) in [6, 6.07) is 0. The van der Waals surface area contributed by atoms with Crippen LogP contribution < -0.4 is 5.32 Å². The molecule has 2 aromatic heterocycles. The van der Waals surface area contributed by atoms with Gasteiger partial charge in [0, 0.05) is 25.4 Å². The molecule has 0 unspecified atom stereocenters. The second kappa shape index (κ2) is 5.97. The maximum Gasteiger partial charge on any atom is 0.106 e. The fourth-order valence-corrected chi connectivity index (χ4v) is 1.74. The van der Waals surface area contributed by atoms with Gasteiger partial charge < -0.3 is 10.3 Å². The molecule has 104 valence electrons. The summed E-state index contributed by atoms with van der Waals surface area (Å²) >= 11 is 0. The maximum atomic E-state index is 4.19. The van der Waals surface area contributed by atoms with Gasteiger partial charge in [-0.2, -0.15) is 0 Å². The molecule has 0 aliphatic carbocycles. The second-order valence-corrected chi connectivity index (χ2v) is 5.64. The third-order valence-corrected chi connectivity index (χ3v) is 2.86. The Bertz CT molecular complexity index is 479. The molecule has 2 rings (SSSR count). The summed E-state index contributed by atoms with van der Waals surface area (Å²) in [7, 11) is 0. The van der Waals surface area contributed by atoms with Crippen LogP contribution in [0.3, 0.4) is 0 Å². The van der Waals surface area contributed by atoms with E-state index in [1.807, 2.05) is 17.1 Å². The molecule has 0 atom stereocenters. The van der Waals surface area contributed by atoms with Gasteiger partial charge in [-0.15, -0.1) is 5.10 Å². The third kappa shape index (κ3) is 4.17. The molecule has 0 aliphatic rings. The minimum Gasteiger partial charge on any atom is -0.349 e. The monoisotopic (exact) mass is 262 g/mol. The summed E-state index contributed by atoms with van der Waals surface area (Å²) in [6.07, 6.45) is 7.66. The number of hydrogen-bond donors (Lipinski definition) is 2. The number of rotatable bonds is 6. The third-order valence-electron chi connectivity index (χ3n) is 2.86. The van der Waals surface area contributed by atoms with E-state index in [-0.39, 0.29) is 5.54 Å². The number of hydrogen-bond acceptors (Lipinski definition) is 4. The van der Waals surface area contributed by atoms with Crippen molar-refractivity contribution in [2.24, 2.45) is 0 Å². The van der Waals surface area contributed by atoms with Crippen molar-refractivity contribution in [3.05, 3.63) is 30.1 Å². The number of aromatic nitrogens is 5. The smallest absolute Gasteiger partial charge is 0.106 e. The summed E-state index contributed by atoms with van der Waals surface area (Å²) in [5, 5.41) is 11.7. The lowest BCUT2D eigenvalue weighted by molar-refractivity contribution is 0.347. The Kier molecular flexibility index (Phi) is 4.31. The molecule has 0 saturated carbocycles. The molecule has 2 N–H and O–H groups in total. The van der Waals surface area contributed by atoms with Gasteiger partial charge in [0.1, 0.15) is 5.82 Å². The summed E-state index contributed by atoms with van der Waals surface area (Å²) < 4.78 is 1.90. The SMILES string of the molecule is CC(C)(C)n1cc(CNCCCc2ncc[nH]2)nn1. The highest BCUT2D eigenvalue weighted by Crippen LogP contribution is 2.11. The van der Waals surface area contributed by atoms with E-state index in [0.29, 0.717) is 0 Å². The molecule has 0 fully saturated rings. The number of imidazole rings is 1. The first-order valence-electron chi connectivity index (χ1n) is 6.66. The van der Waals surface area contributed by atoms with Gasteiger partial charge in [0.15, 0.2) is 0 Å². The minimum absolute atomic E-state index is 0.00939. The molecular formula is C13H22N6. The zero-order valence-corrected chi connectivity index (χ0v) is 11.8. The first kappa shape index (κ1) is 13.7. The Morgan fingerprint density at radius 1 is 1.37 bits per heavy atom. The van der Waals surface area contributed by atoms with Crippen LogP contribution in [0.5, 0.6) is 0 Å². The summed E-state index contributed by atoms with van der Waals surface area (Å²) in [5.74, 6) is 1.04. The van der Waals surface area contributed by atoms with Crippen molar-refractivity contribution in [3.8, 4) is 0 Å². The van der Waals surface area contributed by atoms with Crippen molar-refractivity contribution in [1.82, 2.24) is 30.3 Å². The molecule has 0 spiro atoms. The summed E-state index contributed by atoms with van der Waals surface area (Å²) in [5.41, 5.74) is 0.970. The standard InChI is InChI=1S/C13H22N6/c1-13(2,3)19-10-11(17-18-19)9-14-6-4-5-12-15-7-8-16-12/h7-8,10,14H,4-6,9H2,1-3H3,(H,15,16). The Morgan fingerprint density at radius 2 is 2.21 bits per heavy atom. The molecule has 0 saturated heterocycles. The Morgan fingerprint density at radius 3 is 2.84 bits per heavy atom. The molecular weight excluding hydrogens is 240 g/mol. The predicted octanol–water partition coefficient (Wildman–Crippen LogP) is 1.48. The fraction of sp³-hybridized carbons (Fsp3) is 0.615. The first-order chi connectivity index (χ1) is 9.05. The van der Waals surface area contributed by atoms with E-state index in [0.717, 1.165) is 37.4 Å². The normalized spacial score (nSPS) is 11.9. The lowest BCUT2D eigenvalue weighted by Gasteiger charge is -2.17. The lowest BCUT2D eigenvalue weighted by atomic mass is 10.1. The molecule has 0 aromatic carbocycles. The Labute approximate surface area is 113 Å². The number of aromatic amines is 1. The molecule has 6 nitrogen and oxygen atoms in total. The molecule has 0 bridgehead atoms. The van der Waals surface area contributed by atoms with Gasteiger partial charge in [0.05, 0.1) is 17.4 Å². The van der Waals surface area contributed by atoms with E-state index in [1.165, 1.54) is 0 Å². The van der Waals surface area contributed by atoms with Crippen LogP contribution in [0.15, 0.2) is 18.6 Å². The van der Waals surface area contributed by atoms with Gasteiger partial charge >= 0.3 is 0 Å². The predicted molar refractivity (Wildman–Crippen MR) is 73.6 cm³/mol. The van der Waals surface area contributed by atoms with Crippen molar-refractivity contribution in [1.29, 1.82) is 0 Å². The van der Waals surface area contributed by atoms with Gasteiger partial charge in [-0.25, -0.2) is 9.67 Å². The fourth-order valence-electron chi connectivity index (χ4n) is 1.74. The van der Waals surface area contributed by atoms with Crippen molar-refractivity contribution < 1.29 is 0 Å². The number of nitrogens with zero attached hydrogens (tertiary/aromatic N) is 4. The van der Waals surface area contributed by atoms with Crippen molar-refractivity contribution in [3.63, 3.8) is 0 Å². The molecule has 0 amide bonds. The summed E-state index contributed by atoms with van der Waals surface area (Å²) in [6.45, 7) is 8.05. The van der Waals surface area contributed by atoms with Crippen LogP contribution in [0, 0.1) is 0 Å². The van der Waals surface area contributed by atoms with Crippen LogP contribution in [0.1, 0.15) is 38.7 Å². The largest absolute Gasteiger partial charge is 0.349 e. The number of nitrogens with one attached hydrogen (secondary N) is 2. The van der Waals surface area contributed by atoms with Crippen LogP contribution in [0.25, 0.3) is 0 Å². The second-order valence-electron chi connectivity index (χ2n) is 5.64. The maximum absolute atomic E-state index is 4.19. The van der Waals surface area contributed by atoms with Crippen LogP contribution in [0.4, 0.5) is 0 Å². The number of aryl methyl sites for hydroxylation is 1. The quantitative estimate of drug-likeness (QED) is 0.774. The zero-order chi connectivity index (χ0) is 13.7. The highest BCUT2D eigenvalue weighted by Gasteiger charge is 2.14. The summed E-state index contributed by atoms with van der Waals surface area (Å²) in [4.78, 5) is 7.29. The molecule has 2 aromatic rings. The van der Waals surface area contributed by atoms with E-state index in [2.05, 4.69) is 46.4 Å². The van der Waals surface area contributed by atoms with Gasteiger partial charge in [-0.05, 0) is 33.7 Å². The van der Waals surface area contributed by atoms with E-state index < -0.39 is 0 Å². The Hall–Kier alpha value is -1.69. The van der Waals surface area contributed by atoms with E-state index in [4.69, 9.17) is 0 Å². The van der Waals surface area contributed by atoms with Gasteiger partial charge in [-0.1, -0.05) is 5.21 Å². The van der Waals surface area contributed by atoms with Gasteiger partial charge in [-0.3, -0.25) is 0 Å².